The highest BCUT2D eigenvalue weighted by atomic mass is 13.9. The maximum Gasteiger partial charge on any atom is -0.0307 e. The van der Waals surface area contributed by atoms with Gasteiger partial charge in [0.15, 0.2) is 0 Å². The van der Waals surface area contributed by atoms with E-state index < -0.39 is 0 Å². The summed E-state index contributed by atoms with van der Waals surface area (Å²) < 4.78 is 0. The van der Waals surface area contributed by atoms with Crippen molar-refractivity contribution in [1.29, 1.82) is 0 Å². The highest BCUT2D eigenvalue weighted by Gasteiger charge is 1.86. The standard InChI is InChI=1S/C11H18/c1-5-7-8-11(6-2)9-10(3)4/h7-9H,3,5-6H2,1-2,4H3/b8-7+,11-9+. The van der Waals surface area contributed by atoms with Crippen molar-refractivity contribution in [2.24, 2.45) is 0 Å². The summed E-state index contributed by atoms with van der Waals surface area (Å²) in [5.74, 6) is 0. The first-order chi connectivity index (χ1) is 5.20. The molecule has 0 atom stereocenters. The Hall–Kier alpha value is -0.780. The van der Waals surface area contributed by atoms with E-state index in [0.717, 1.165) is 18.4 Å². The van der Waals surface area contributed by atoms with E-state index in [2.05, 4.69) is 38.7 Å². The van der Waals surface area contributed by atoms with Crippen LogP contribution < -0.4 is 0 Å². The van der Waals surface area contributed by atoms with Gasteiger partial charge in [-0.3, -0.25) is 0 Å². The lowest BCUT2D eigenvalue weighted by atomic mass is 10.1. The molecule has 0 radical (unpaired) electrons. The van der Waals surface area contributed by atoms with Gasteiger partial charge < -0.3 is 0 Å². The van der Waals surface area contributed by atoms with Crippen molar-refractivity contribution in [2.75, 3.05) is 0 Å². The molecule has 0 spiro atoms. The zero-order valence-electron chi connectivity index (χ0n) is 7.85. The minimum Gasteiger partial charge on any atom is -0.0961 e. The monoisotopic (exact) mass is 150 g/mol. The second-order valence-corrected chi connectivity index (χ2v) is 2.73. The molecule has 0 N–H and O–H groups in total. The Morgan fingerprint density at radius 3 is 2.36 bits per heavy atom. The van der Waals surface area contributed by atoms with Gasteiger partial charge in [-0.25, -0.2) is 0 Å². The molecule has 0 amide bonds. The molecule has 0 bridgehead atoms. The highest BCUT2D eigenvalue weighted by Crippen LogP contribution is 2.06. The van der Waals surface area contributed by atoms with Gasteiger partial charge in [-0.1, -0.05) is 44.2 Å². The Morgan fingerprint density at radius 2 is 2.00 bits per heavy atom. The molecule has 0 heteroatoms. The third-order valence-corrected chi connectivity index (χ3v) is 1.41. The molecule has 0 fully saturated rings. The normalized spacial score (nSPS) is 12.5. The van der Waals surface area contributed by atoms with E-state index in [4.69, 9.17) is 0 Å². The number of hydrogen-bond acceptors (Lipinski definition) is 0. The van der Waals surface area contributed by atoms with E-state index in [-0.39, 0.29) is 0 Å². The highest BCUT2D eigenvalue weighted by molar-refractivity contribution is 5.26. The maximum absolute atomic E-state index is 3.84. The summed E-state index contributed by atoms with van der Waals surface area (Å²) in [4.78, 5) is 0. The Morgan fingerprint density at radius 1 is 1.36 bits per heavy atom. The van der Waals surface area contributed by atoms with Crippen LogP contribution in [0, 0.1) is 0 Å². The molecule has 0 aromatic carbocycles. The van der Waals surface area contributed by atoms with Crippen molar-refractivity contribution in [3.8, 4) is 0 Å². The molecule has 0 aromatic rings. The molecule has 11 heavy (non-hydrogen) atoms. The van der Waals surface area contributed by atoms with Crippen molar-refractivity contribution in [3.05, 3.63) is 36.0 Å². The van der Waals surface area contributed by atoms with Gasteiger partial charge in [-0.2, -0.15) is 0 Å². The smallest absolute Gasteiger partial charge is 0.0307 e. The van der Waals surface area contributed by atoms with Crippen LogP contribution in [0.25, 0.3) is 0 Å². The quantitative estimate of drug-likeness (QED) is 0.534. The molecule has 0 aliphatic heterocycles. The largest absolute Gasteiger partial charge is 0.0961 e. The Balaban J connectivity index is 4.16. The van der Waals surface area contributed by atoms with Crippen LogP contribution in [-0.4, -0.2) is 0 Å². The second kappa shape index (κ2) is 5.96. The zero-order chi connectivity index (χ0) is 8.69. The summed E-state index contributed by atoms with van der Waals surface area (Å²) >= 11 is 0. The van der Waals surface area contributed by atoms with Crippen LogP contribution in [0.4, 0.5) is 0 Å². The van der Waals surface area contributed by atoms with Crippen molar-refractivity contribution < 1.29 is 0 Å². The third-order valence-electron chi connectivity index (χ3n) is 1.41. The topological polar surface area (TPSA) is 0 Å². The summed E-state index contributed by atoms with van der Waals surface area (Å²) in [5.41, 5.74) is 2.49. The van der Waals surface area contributed by atoms with Gasteiger partial charge in [0.05, 0.1) is 0 Å². The van der Waals surface area contributed by atoms with Crippen molar-refractivity contribution >= 4 is 0 Å². The molecule has 0 nitrogen and oxygen atoms in total. The first-order valence-electron chi connectivity index (χ1n) is 4.23. The van der Waals surface area contributed by atoms with Gasteiger partial charge in [-0.05, 0) is 25.3 Å². The summed E-state index contributed by atoms with van der Waals surface area (Å²) in [6.45, 7) is 10.2. The Labute approximate surface area is 70.3 Å². The van der Waals surface area contributed by atoms with Crippen LogP contribution >= 0.6 is 0 Å². The molecule has 0 aliphatic carbocycles. The minimum absolute atomic E-state index is 1.09. The van der Waals surface area contributed by atoms with Gasteiger partial charge in [0, 0.05) is 0 Å². The maximum atomic E-state index is 3.84. The Bertz CT molecular complexity index is 170. The van der Waals surface area contributed by atoms with E-state index in [1.807, 2.05) is 6.92 Å². The average Bonchev–Trinajstić information content (AvgIpc) is 1.97. The SMILES string of the molecule is C=C(C)/C=C(/C=C/CC)CC. The van der Waals surface area contributed by atoms with Crippen LogP contribution in [0.15, 0.2) is 36.0 Å². The molecule has 0 aromatic heterocycles. The van der Waals surface area contributed by atoms with Crippen molar-refractivity contribution in [3.63, 3.8) is 0 Å². The summed E-state index contributed by atoms with van der Waals surface area (Å²) in [6.07, 6.45) is 8.68. The van der Waals surface area contributed by atoms with Gasteiger partial charge in [0.2, 0.25) is 0 Å². The van der Waals surface area contributed by atoms with E-state index in [1.54, 1.807) is 0 Å². The zero-order valence-corrected chi connectivity index (χ0v) is 7.85. The summed E-state index contributed by atoms with van der Waals surface area (Å²) in [5, 5.41) is 0. The predicted octanol–water partition coefficient (Wildman–Crippen LogP) is 3.87. The molecule has 0 heterocycles. The summed E-state index contributed by atoms with van der Waals surface area (Å²) in [7, 11) is 0. The number of hydrogen-bond donors (Lipinski definition) is 0. The van der Waals surface area contributed by atoms with Gasteiger partial charge in [0.25, 0.3) is 0 Å². The van der Waals surface area contributed by atoms with Gasteiger partial charge in [-0.15, -0.1) is 0 Å². The molecular formula is C11H18. The number of allylic oxidation sites excluding steroid dienone is 5. The molecule has 62 valence electrons. The van der Waals surface area contributed by atoms with Crippen LogP contribution in [0.5, 0.6) is 0 Å². The third kappa shape index (κ3) is 5.65. The molecule has 0 unspecified atom stereocenters. The van der Waals surface area contributed by atoms with E-state index >= 15 is 0 Å². The van der Waals surface area contributed by atoms with Gasteiger partial charge in [0.1, 0.15) is 0 Å². The number of rotatable bonds is 4. The lowest BCUT2D eigenvalue weighted by Crippen LogP contribution is -1.75. The molecular weight excluding hydrogens is 132 g/mol. The Kier molecular flexibility index (Phi) is 5.54. The van der Waals surface area contributed by atoms with Gasteiger partial charge >= 0.3 is 0 Å². The lowest BCUT2D eigenvalue weighted by molar-refractivity contribution is 1.13. The molecule has 0 rings (SSSR count). The van der Waals surface area contributed by atoms with Crippen molar-refractivity contribution in [1.82, 2.24) is 0 Å². The second-order valence-electron chi connectivity index (χ2n) is 2.73. The van der Waals surface area contributed by atoms with Crippen LogP contribution in [-0.2, 0) is 0 Å². The first-order valence-corrected chi connectivity index (χ1v) is 4.23. The van der Waals surface area contributed by atoms with E-state index in [9.17, 15) is 0 Å². The first kappa shape index (κ1) is 10.2. The van der Waals surface area contributed by atoms with Crippen molar-refractivity contribution in [2.45, 2.75) is 33.6 Å². The van der Waals surface area contributed by atoms with E-state index in [0.29, 0.717) is 0 Å². The van der Waals surface area contributed by atoms with E-state index in [1.165, 1.54) is 5.57 Å². The predicted molar refractivity (Wildman–Crippen MR) is 52.6 cm³/mol. The minimum atomic E-state index is 1.09. The fourth-order valence-electron chi connectivity index (χ4n) is 0.854. The van der Waals surface area contributed by atoms with Crippen LogP contribution in [0.3, 0.4) is 0 Å². The average molecular weight is 150 g/mol. The molecule has 0 aliphatic rings. The fourth-order valence-corrected chi connectivity index (χ4v) is 0.854. The fraction of sp³-hybridized carbons (Fsp3) is 0.455. The molecule has 0 saturated heterocycles. The lowest BCUT2D eigenvalue weighted by Gasteiger charge is -1.95. The van der Waals surface area contributed by atoms with Crippen LogP contribution in [0.1, 0.15) is 33.6 Å². The molecule has 0 saturated carbocycles. The summed E-state index contributed by atoms with van der Waals surface area (Å²) in [6, 6.07) is 0. The van der Waals surface area contributed by atoms with Crippen LogP contribution in [0.2, 0.25) is 0 Å².